The van der Waals surface area contributed by atoms with Crippen LogP contribution in [-0.4, -0.2) is 50.7 Å². The average Bonchev–Trinajstić information content (AvgIpc) is 3.04. The average molecular weight is 322 g/mol. The largest absolute Gasteiger partial charge is 0.366 e. The smallest absolute Gasteiger partial charge is 0.272 e. The van der Waals surface area contributed by atoms with E-state index in [2.05, 4.69) is 20.2 Å². The number of rotatable bonds is 3. The number of amides is 1. The molecule has 116 valence electrons. The Kier molecular flexibility index (Phi) is 4.35. The predicted molar refractivity (Wildman–Crippen MR) is 79.6 cm³/mol. The zero-order valence-electron chi connectivity index (χ0n) is 12.1. The number of hydrogen-bond acceptors (Lipinski definition) is 5. The zero-order valence-corrected chi connectivity index (χ0v) is 12.9. The van der Waals surface area contributed by atoms with E-state index < -0.39 is 0 Å². The highest BCUT2D eigenvalue weighted by Gasteiger charge is 2.29. The molecule has 0 unspecified atom stereocenters. The number of halogens is 1. The lowest BCUT2D eigenvalue weighted by molar-refractivity contribution is -0.0268. The standard InChI is InChI=1S/C14H16ClN5O2/c1-2-12-17-13(19-18-12)11-8-20(5-6-22-11)14(21)10-4-3-9(15)7-16-10/h3-4,7,11H,2,5-6,8H2,1H3,(H,17,18,19)/t11-/m1/s1. The number of aromatic amines is 1. The van der Waals surface area contributed by atoms with E-state index in [-0.39, 0.29) is 12.0 Å². The molecule has 1 N–H and O–H groups in total. The van der Waals surface area contributed by atoms with Crippen LogP contribution in [0.2, 0.25) is 5.02 Å². The molecule has 1 aliphatic heterocycles. The molecule has 3 heterocycles. The van der Waals surface area contributed by atoms with E-state index in [0.29, 0.717) is 36.2 Å². The summed E-state index contributed by atoms with van der Waals surface area (Å²) >= 11 is 5.79. The molecule has 2 aromatic heterocycles. The van der Waals surface area contributed by atoms with Crippen molar-refractivity contribution in [3.63, 3.8) is 0 Å². The van der Waals surface area contributed by atoms with Crippen LogP contribution < -0.4 is 0 Å². The van der Waals surface area contributed by atoms with E-state index in [4.69, 9.17) is 16.3 Å². The molecule has 0 aliphatic carbocycles. The molecule has 1 saturated heterocycles. The van der Waals surface area contributed by atoms with Crippen molar-refractivity contribution in [1.29, 1.82) is 0 Å². The number of morpholine rings is 1. The second-order valence-electron chi connectivity index (χ2n) is 4.97. The molecular weight excluding hydrogens is 306 g/mol. The summed E-state index contributed by atoms with van der Waals surface area (Å²) in [5, 5.41) is 7.52. The van der Waals surface area contributed by atoms with Gasteiger partial charge in [-0.05, 0) is 12.1 Å². The van der Waals surface area contributed by atoms with Crippen molar-refractivity contribution in [3.05, 3.63) is 40.7 Å². The maximum atomic E-state index is 12.5. The molecule has 0 aromatic carbocycles. The van der Waals surface area contributed by atoms with Crippen molar-refractivity contribution < 1.29 is 9.53 Å². The number of nitrogens with one attached hydrogen (secondary N) is 1. The normalized spacial score (nSPS) is 18.5. The van der Waals surface area contributed by atoms with E-state index in [9.17, 15) is 4.79 Å². The molecule has 1 atom stereocenters. The Morgan fingerprint density at radius 2 is 2.41 bits per heavy atom. The molecule has 0 saturated carbocycles. The van der Waals surface area contributed by atoms with Crippen molar-refractivity contribution in [2.24, 2.45) is 0 Å². The second-order valence-corrected chi connectivity index (χ2v) is 5.40. The van der Waals surface area contributed by atoms with Gasteiger partial charge in [0.1, 0.15) is 17.6 Å². The molecule has 0 radical (unpaired) electrons. The fraction of sp³-hybridized carbons (Fsp3) is 0.429. The van der Waals surface area contributed by atoms with Crippen LogP contribution in [0.1, 0.15) is 35.2 Å². The van der Waals surface area contributed by atoms with Gasteiger partial charge in [-0.2, -0.15) is 5.10 Å². The molecule has 7 nitrogen and oxygen atoms in total. The zero-order chi connectivity index (χ0) is 15.5. The summed E-state index contributed by atoms with van der Waals surface area (Å²) < 4.78 is 5.68. The minimum absolute atomic E-state index is 0.142. The van der Waals surface area contributed by atoms with Crippen molar-refractivity contribution >= 4 is 17.5 Å². The number of aromatic nitrogens is 4. The van der Waals surface area contributed by atoms with Crippen LogP contribution in [0.4, 0.5) is 0 Å². The Labute approximate surface area is 132 Å². The number of aryl methyl sites for hydroxylation is 1. The number of hydrogen-bond donors (Lipinski definition) is 1. The molecule has 22 heavy (non-hydrogen) atoms. The first kappa shape index (κ1) is 14.9. The topological polar surface area (TPSA) is 84.0 Å². The Bertz CT molecular complexity index is 658. The number of carbonyl (C=O) groups excluding carboxylic acids is 1. The monoisotopic (exact) mass is 321 g/mol. The fourth-order valence-electron chi connectivity index (χ4n) is 2.27. The van der Waals surface area contributed by atoms with Crippen LogP contribution >= 0.6 is 11.6 Å². The number of pyridine rings is 1. The van der Waals surface area contributed by atoms with E-state index in [1.165, 1.54) is 6.20 Å². The minimum atomic E-state index is -0.318. The van der Waals surface area contributed by atoms with Gasteiger partial charge in [-0.1, -0.05) is 18.5 Å². The van der Waals surface area contributed by atoms with Crippen LogP contribution in [0.5, 0.6) is 0 Å². The third kappa shape index (κ3) is 3.10. The molecule has 2 aromatic rings. The maximum absolute atomic E-state index is 12.5. The Balaban J connectivity index is 1.72. The molecular formula is C14H16ClN5O2. The highest BCUT2D eigenvalue weighted by Crippen LogP contribution is 2.20. The minimum Gasteiger partial charge on any atom is -0.366 e. The highest BCUT2D eigenvalue weighted by atomic mass is 35.5. The summed E-state index contributed by atoms with van der Waals surface area (Å²) in [6.07, 6.45) is 1.92. The van der Waals surface area contributed by atoms with E-state index in [1.54, 1.807) is 17.0 Å². The van der Waals surface area contributed by atoms with Crippen LogP contribution in [0.3, 0.4) is 0 Å². The van der Waals surface area contributed by atoms with Crippen LogP contribution in [-0.2, 0) is 11.2 Å². The highest BCUT2D eigenvalue weighted by molar-refractivity contribution is 6.30. The SMILES string of the molecule is CCc1nc([C@H]2CN(C(=O)c3ccc(Cl)cn3)CCO2)n[nH]1. The van der Waals surface area contributed by atoms with Gasteiger partial charge in [0.25, 0.3) is 5.91 Å². The van der Waals surface area contributed by atoms with Crippen molar-refractivity contribution in [2.75, 3.05) is 19.7 Å². The summed E-state index contributed by atoms with van der Waals surface area (Å²) in [4.78, 5) is 22.6. The first-order valence-corrected chi connectivity index (χ1v) is 7.48. The van der Waals surface area contributed by atoms with Crippen molar-refractivity contribution in [3.8, 4) is 0 Å². The fourth-order valence-corrected chi connectivity index (χ4v) is 2.38. The lowest BCUT2D eigenvalue weighted by Gasteiger charge is -2.31. The third-order valence-corrected chi connectivity index (χ3v) is 3.70. The first-order chi connectivity index (χ1) is 10.7. The quantitative estimate of drug-likeness (QED) is 0.928. The van der Waals surface area contributed by atoms with E-state index in [0.717, 1.165) is 12.2 Å². The Morgan fingerprint density at radius 3 is 3.09 bits per heavy atom. The van der Waals surface area contributed by atoms with Gasteiger partial charge in [0.05, 0.1) is 18.2 Å². The Morgan fingerprint density at radius 1 is 1.55 bits per heavy atom. The summed E-state index contributed by atoms with van der Waals surface area (Å²) in [5.41, 5.74) is 0.370. The third-order valence-electron chi connectivity index (χ3n) is 3.47. The van der Waals surface area contributed by atoms with Crippen molar-refractivity contribution in [1.82, 2.24) is 25.1 Å². The first-order valence-electron chi connectivity index (χ1n) is 7.11. The predicted octanol–water partition coefficient (Wildman–Crippen LogP) is 1.63. The van der Waals surface area contributed by atoms with E-state index >= 15 is 0 Å². The van der Waals surface area contributed by atoms with Gasteiger partial charge in [-0.25, -0.2) is 9.97 Å². The molecule has 3 rings (SSSR count). The number of carbonyl (C=O) groups is 1. The van der Waals surface area contributed by atoms with Gasteiger partial charge in [0, 0.05) is 19.2 Å². The van der Waals surface area contributed by atoms with Gasteiger partial charge in [-0.3, -0.25) is 9.89 Å². The molecule has 0 bridgehead atoms. The van der Waals surface area contributed by atoms with Gasteiger partial charge in [0.2, 0.25) is 0 Å². The van der Waals surface area contributed by atoms with Crippen LogP contribution in [0.25, 0.3) is 0 Å². The summed E-state index contributed by atoms with van der Waals surface area (Å²) in [7, 11) is 0. The second kappa shape index (κ2) is 6.41. The van der Waals surface area contributed by atoms with Gasteiger partial charge in [-0.15, -0.1) is 0 Å². The van der Waals surface area contributed by atoms with Gasteiger partial charge < -0.3 is 9.64 Å². The van der Waals surface area contributed by atoms with Gasteiger partial charge >= 0.3 is 0 Å². The Hall–Kier alpha value is -1.99. The lowest BCUT2D eigenvalue weighted by Crippen LogP contribution is -2.42. The maximum Gasteiger partial charge on any atom is 0.272 e. The summed E-state index contributed by atoms with van der Waals surface area (Å²) in [6, 6.07) is 3.28. The number of ether oxygens (including phenoxy) is 1. The number of nitrogens with zero attached hydrogens (tertiary/aromatic N) is 4. The summed E-state index contributed by atoms with van der Waals surface area (Å²) in [5.74, 6) is 1.25. The van der Waals surface area contributed by atoms with Crippen molar-refractivity contribution in [2.45, 2.75) is 19.4 Å². The lowest BCUT2D eigenvalue weighted by atomic mass is 10.2. The molecule has 8 heteroatoms. The number of H-pyrrole nitrogens is 1. The molecule has 1 amide bonds. The molecule has 1 aliphatic rings. The van der Waals surface area contributed by atoms with E-state index in [1.807, 2.05) is 6.92 Å². The van der Waals surface area contributed by atoms with Crippen LogP contribution in [0.15, 0.2) is 18.3 Å². The molecule has 0 spiro atoms. The molecule has 1 fully saturated rings. The summed E-state index contributed by atoms with van der Waals surface area (Å²) in [6.45, 7) is 3.36. The van der Waals surface area contributed by atoms with Crippen LogP contribution in [0, 0.1) is 0 Å². The van der Waals surface area contributed by atoms with Gasteiger partial charge in [0.15, 0.2) is 5.82 Å².